The maximum absolute atomic E-state index is 13.0. The quantitative estimate of drug-likeness (QED) is 0.337. The molecule has 8 nitrogen and oxygen atoms in total. The van der Waals surface area contributed by atoms with Crippen molar-refractivity contribution < 1.29 is 38.3 Å². The van der Waals surface area contributed by atoms with Crippen LogP contribution in [0.3, 0.4) is 0 Å². The topological polar surface area (TPSA) is 92.7 Å². The van der Waals surface area contributed by atoms with Gasteiger partial charge in [0.15, 0.2) is 5.79 Å². The van der Waals surface area contributed by atoms with Crippen molar-refractivity contribution in [2.45, 2.75) is 102 Å². The zero-order chi connectivity index (χ0) is 24.6. The van der Waals surface area contributed by atoms with Crippen LogP contribution < -0.4 is 0 Å². The predicted molar refractivity (Wildman–Crippen MR) is 125 cm³/mol. The van der Waals surface area contributed by atoms with E-state index in [0.29, 0.717) is 13.2 Å². The Labute approximate surface area is 202 Å². The van der Waals surface area contributed by atoms with Gasteiger partial charge in [0.25, 0.3) is 5.79 Å². The maximum atomic E-state index is 13.0. The van der Waals surface area contributed by atoms with Gasteiger partial charge in [0.2, 0.25) is 0 Å². The molecule has 8 heteroatoms. The van der Waals surface area contributed by atoms with Gasteiger partial charge in [0, 0.05) is 19.6 Å². The lowest BCUT2D eigenvalue weighted by Crippen LogP contribution is -2.61. The first-order valence-corrected chi connectivity index (χ1v) is 12.4. The summed E-state index contributed by atoms with van der Waals surface area (Å²) in [6.07, 6.45) is 1.32. The molecule has 0 saturated carbocycles. The van der Waals surface area contributed by atoms with Crippen molar-refractivity contribution in [1.82, 2.24) is 0 Å². The van der Waals surface area contributed by atoms with E-state index in [1.165, 1.54) is 0 Å². The van der Waals surface area contributed by atoms with Gasteiger partial charge < -0.3 is 33.5 Å². The van der Waals surface area contributed by atoms with E-state index in [-0.39, 0.29) is 19.6 Å². The Kier molecular flexibility index (Phi) is 9.88. The van der Waals surface area contributed by atoms with Crippen molar-refractivity contribution in [2.24, 2.45) is 0 Å². The van der Waals surface area contributed by atoms with Crippen molar-refractivity contribution in [3.8, 4) is 0 Å². The smallest absolute Gasteiger partial charge is 0.367 e. The molecule has 5 atom stereocenters. The number of carbonyl (C=O) groups is 1. The van der Waals surface area contributed by atoms with Crippen LogP contribution in [0.2, 0.25) is 0 Å². The number of unbranched alkanes of at least 4 members (excludes halogenated alkanes) is 2. The molecule has 3 rings (SSSR count). The van der Waals surface area contributed by atoms with Crippen LogP contribution in [0.1, 0.15) is 65.4 Å². The van der Waals surface area contributed by atoms with Crippen molar-refractivity contribution in [3.05, 3.63) is 35.9 Å². The fourth-order valence-electron chi connectivity index (χ4n) is 4.23. The molecule has 0 amide bonds. The minimum absolute atomic E-state index is 0.0313. The van der Waals surface area contributed by atoms with Crippen LogP contribution in [-0.4, -0.2) is 66.9 Å². The fraction of sp³-hybridized carbons (Fsp3) is 0.731. The number of ether oxygens (including phenoxy) is 6. The molecule has 2 fully saturated rings. The molecule has 2 aliphatic heterocycles. The highest BCUT2D eigenvalue weighted by atomic mass is 16.8. The number of carbonyl (C=O) groups excluding carboxylic acids is 1. The summed E-state index contributed by atoms with van der Waals surface area (Å²) in [4.78, 5) is 13.0. The van der Waals surface area contributed by atoms with Crippen LogP contribution in [0, 0.1) is 0 Å². The molecule has 1 N–H and O–H groups in total. The van der Waals surface area contributed by atoms with E-state index in [0.717, 1.165) is 31.2 Å². The Hall–Kier alpha value is -1.55. The normalized spacial score (nSPS) is 28.9. The second kappa shape index (κ2) is 12.4. The predicted octanol–water partition coefficient (Wildman–Crippen LogP) is 3.73. The van der Waals surface area contributed by atoms with Gasteiger partial charge in [-0.25, -0.2) is 4.79 Å². The highest BCUT2D eigenvalue weighted by Crippen LogP contribution is 2.42. The van der Waals surface area contributed by atoms with Crippen molar-refractivity contribution in [3.63, 3.8) is 0 Å². The van der Waals surface area contributed by atoms with Crippen LogP contribution in [0.15, 0.2) is 30.3 Å². The minimum Gasteiger partial charge on any atom is -0.457 e. The molecule has 2 unspecified atom stereocenters. The Bertz CT molecular complexity index is 754. The highest BCUT2D eigenvalue weighted by molar-refractivity contribution is 5.77. The van der Waals surface area contributed by atoms with Crippen LogP contribution in [0.4, 0.5) is 0 Å². The molecule has 0 aromatic heterocycles. The van der Waals surface area contributed by atoms with Gasteiger partial charge in [0.05, 0.1) is 12.7 Å². The molecule has 34 heavy (non-hydrogen) atoms. The van der Waals surface area contributed by atoms with Gasteiger partial charge in [0.1, 0.15) is 24.9 Å². The Balaban J connectivity index is 1.76. The maximum Gasteiger partial charge on any atom is 0.367 e. The van der Waals surface area contributed by atoms with Crippen molar-refractivity contribution in [2.75, 3.05) is 19.8 Å². The summed E-state index contributed by atoms with van der Waals surface area (Å²) in [5.74, 6) is -3.92. The third-order valence-electron chi connectivity index (χ3n) is 6.01. The van der Waals surface area contributed by atoms with Gasteiger partial charge in [-0.1, -0.05) is 57.0 Å². The Morgan fingerprint density at radius 2 is 1.79 bits per heavy atom. The second-order valence-corrected chi connectivity index (χ2v) is 9.46. The lowest BCUT2D eigenvalue weighted by molar-refractivity contribution is -0.302. The van der Waals surface area contributed by atoms with Crippen molar-refractivity contribution in [1.29, 1.82) is 0 Å². The minimum atomic E-state index is -2.18. The zero-order valence-electron chi connectivity index (χ0n) is 20.9. The monoisotopic (exact) mass is 480 g/mol. The van der Waals surface area contributed by atoms with E-state index in [1.807, 2.05) is 30.3 Å². The molecule has 2 saturated heterocycles. The Morgan fingerprint density at radius 1 is 1.09 bits per heavy atom. The number of hydrogen-bond acceptors (Lipinski definition) is 8. The fourth-order valence-corrected chi connectivity index (χ4v) is 4.23. The summed E-state index contributed by atoms with van der Waals surface area (Å²) in [6, 6.07) is 9.30. The van der Waals surface area contributed by atoms with Crippen LogP contribution in [-0.2, 0) is 39.8 Å². The first-order valence-electron chi connectivity index (χ1n) is 12.4. The van der Waals surface area contributed by atoms with Gasteiger partial charge in [-0.3, -0.25) is 0 Å². The second-order valence-electron chi connectivity index (χ2n) is 9.46. The first kappa shape index (κ1) is 27.0. The summed E-state index contributed by atoms with van der Waals surface area (Å²) in [5, 5.41) is 11.3. The van der Waals surface area contributed by atoms with Gasteiger partial charge >= 0.3 is 5.97 Å². The molecule has 2 heterocycles. The van der Waals surface area contributed by atoms with E-state index < -0.39 is 42.0 Å². The van der Waals surface area contributed by atoms with E-state index in [2.05, 4.69) is 13.8 Å². The van der Waals surface area contributed by atoms with E-state index >= 15 is 0 Å². The average molecular weight is 481 g/mol. The SMILES string of the molecule is CCCCOC[C@@H](OCCCC)C1O[C@@](O)(C(=O)OCc2ccccc2)C[C@H]2OC(C)(C)OC12. The largest absolute Gasteiger partial charge is 0.457 e. The van der Waals surface area contributed by atoms with E-state index in [4.69, 9.17) is 28.4 Å². The third kappa shape index (κ3) is 7.23. The highest BCUT2D eigenvalue weighted by Gasteiger charge is 2.59. The molecular weight excluding hydrogens is 440 g/mol. The standard InChI is InChI=1S/C26H40O8/c1-5-7-14-29-18-21(30-15-8-6-2)23-22-20(32-25(3,4)33-22)16-26(28,34-23)24(27)31-17-19-12-10-9-11-13-19/h9-13,20-23,28H,5-8,14-18H2,1-4H3/t20-,21-,22?,23?,26-/m1/s1. The number of fused-ring (bicyclic) bond motifs is 1. The number of rotatable bonds is 13. The van der Waals surface area contributed by atoms with Crippen LogP contribution in [0.5, 0.6) is 0 Å². The average Bonchev–Trinajstić information content (AvgIpc) is 3.12. The number of esters is 1. The third-order valence-corrected chi connectivity index (χ3v) is 6.01. The van der Waals surface area contributed by atoms with Crippen LogP contribution >= 0.6 is 0 Å². The molecule has 0 bridgehead atoms. The number of aliphatic hydroxyl groups is 1. The molecule has 1 aromatic carbocycles. The molecule has 1 aromatic rings. The molecular formula is C26H40O8. The molecule has 0 radical (unpaired) electrons. The summed E-state index contributed by atoms with van der Waals surface area (Å²) in [5.41, 5.74) is 0.816. The van der Waals surface area contributed by atoms with Crippen molar-refractivity contribution >= 4 is 5.97 Å². The van der Waals surface area contributed by atoms with Gasteiger partial charge in [-0.15, -0.1) is 0 Å². The molecule has 0 spiro atoms. The molecule has 192 valence electrons. The summed E-state index contributed by atoms with van der Waals surface area (Å²) in [6.45, 7) is 9.19. The summed E-state index contributed by atoms with van der Waals surface area (Å²) < 4.78 is 35.6. The first-order chi connectivity index (χ1) is 16.3. The number of benzene rings is 1. The number of hydrogen-bond donors (Lipinski definition) is 1. The van der Waals surface area contributed by atoms with E-state index in [9.17, 15) is 9.90 Å². The lowest BCUT2D eigenvalue weighted by Gasteiger charge is -2.43. The van der Waals surface area contributed by atoms with Gasteiger partial charge in [-0.2, -0.15) is 0 Å². The van der Waals surface area contributed by atoms with E-state index in [1.54, 1.807) is 13.8 Å². The van der Waals surface area contributed by atoms with Crippen LogP contribution in [0.25, 0.3) is 0 Å². The summed E-state index contributed by atoms with van der Waals surface area (Å²) >= 11 is 0. The van der Waals surface area contributed by atoms with Gasteiger partial charge in [-0.05, 0) is 32.3 Å². The molecule has 2 aliphatic rings. The lowest BCUT2D eigenvalue weighted by atomic mass is 9.92. The Morgan fingerprint density at radius 3 is 2.50 bits per heavy atom. The summed E-state index contributed by atoms with van der Waals surface area (Å²) in [7, 11) is 0. The molecule has 0 aliphatic carbocycles. The zero-order valence-corrected chi connectivity index (χ0v) is 20.9.